The zero-order valence-electron chi connectivity index (χ0n) is 11.1. The SMILES string of the molecule is CS(=O)(=O)CCCC(N)C1CCCC(C(F)(F)F)C1. The van der Waals surface area contributed by atoms with Crippen molar-refractivity contribution >= 4 is 9.84 Å². The Bertz CT molecular complexity index is 381. The molecule has 0 spiro atoms. The molecule has 2 N–H and O–H groups in total. The van der Waals surface area contributed by atoms with Crippen LogP contribution in [-0.4, -0.2) is 32.6 Å². The molecule has 0 aromatic rings. The van der Waals surface area contributed by atoms with Crippen molar-refractivity contribution < 1.29 is 21.6 Å². The molecule has 1 fully saturated rings. The number of halogens is 3. The summed E-state index contributed by atoms with van der Waals surface area (Å²) in [6, 6.07) is -0.327. The summed E-state index contributed by atoms with van der Waals surface area (Å²) in [5, 5.41) is 0. The van der Waals surface area contributed by atoms with E-state index in [1.807, 2.05) is 0 Å². The maximum atomic E-state index is 12.7. The summed E-state index contributed by atoms with van der Waals surface area (Å²) >= 11 is 0. The molecule has 19 heavy (non-hydrogen) atoms. The van der Waals surface area contributed by atoms with Crippen molar-refractivity contribution in [1.29, 1.82) is 0 Å². The Balaban J connectivity index is 2.42. The number of hydrogen-bond acceptors (Lipinski definition) is 3. The Labute approximate surface area is 112 Å². The van der Waals surface area contributed by atoms with Gasteiger partial charge in [0.1, 0.15) is 9.84 Å². The molecular weight excluding hydrogens is 279 g/mol. The number of alkyl halides is 3. The smallest absolute Gasteiger partial charge is 0.327 e. The van der Waals surface area contributed by atoms with Crippen LogP contribution in [0.1, 0.15) is 38.5 Å². The summed E-state index contributed by atoms with van der Waals surface area (Å²) in [5.74, 6) is -1.33. The van der Waals surface area contributed by atoms with Gasteiger partial charge in [-0.1, -0.05) is 6.42 Å². The normalized spacial score (nSPS) is 27.2. The second-order valence-electron chi connectivity index (χ2n) is 5.60. The highest BCUT2D eigenvalue weighted by molar-refractivity contribution is 7.90. The highest BCUT2D eigenvalue weighted by atomic mass is 32.2. The summed E-state index contributed by atoms with van der Waals surface area (Å²) in [5.41, 5.74) is 5.92. The van der Waals surface area contributed by atoms with Crippen LogP contribution < -0.4 is 5.73 Å². The van der Waals surface area contributed by atoms with Crippen LogP contribution in [0, 0.1) is 11.8 Å². The van der Waals surface area contributed by atoms with E-state index in [-0.39, 0.29) is 30.6 Å². The summed E-state index contributed by atoms with van der Waals surface area (Å²) in [7, 11) is -3.02. The minimum atomic E-state index is -4.13. The van der Waals surface area contributed by atoms with Gasteiger partial charge in [0.15, 0.2) is 0 Å². The fourth-order valence-corrected chi connectivity index (χ4v) is 3.42. The molecule has 0 aromatic carbocycles. The number of sulfone groups is 1. The molecule has 7 heteroatoms. The van der Waals surface area contributed by atoms with E-state index in [0.29, 0.717) is 25.7 Å². The lowest BCUT2D eigenvalue weighted by atomic mass is 9.77. The molecule has 0 aliphatic heterocycles. The molecule has 0 bridgehead atoms. The predicted molar refractivity (Wildman–Crippen MR) is 68.4 cm³/mol. The first-order valence-corrected chi connectivity index (χ1v) is 8.65. The fraction of sp³-hybridized carbons (Fsp3) is 1.00. The van der Waals surface area contributed by atoms with Crippen LogP contribution in [0.3, 0.4) is 0 Å². The quantitative estimate of drug-likeness (QED) is 0.848. The van der Waals surface area contributed by atoms with Gasteiger partial charge in [-0.2, -0.15) is 13.2 Å². The van der Waals surface area contributed by atoms with Gasteiger partial charge in [-0.05, 0) is 38.0 Å². The van der Waals surface area contributed by atoms with Gasteiger partial charge >= 0.3 is 6.18 Å². The zero-order valence-corrected chi connectivity index (χ0v) is 11.9. The Hall–Kier alpha value is -0.300. The first-order chi connectivity index (χ1) is 8.59. The summed E-state index contributed by atoms with van der Waals surface area (Å²) in [6.07, 6.45) is -0.541. The third-order valence-electron chi connectivity index (χ3n) is 3.84. The van der Waals surface area contributed by atoms with E-state index < -0.39 is 21.9 Å². The molecule has 1 rings (SSSR count). The minimum absolute atomic E-state index is 0.0517. The molecule has 114 valence electrons. The topological polar surface area (TPSA) is 60.2 Å². The van der Waals surface area contributed by atoms with Crippen molar-refractivity contribution in [3.63, 3.8) is 0 Å². The van der Waals surface area contributed by atoms with Gasteiger partial charge in [-0.15, -0.1) is 0 Å². The van der Waals surface area contributed by atoms with E-state index in [4.69, 9.17) is 5.73 Å². The van der Waals surface area contributed by atoms with Gasteiger partial charge in [-0.3, -0.25) is 0 Å². The average molecular weight is 301 g/mol. The summed E-state index contributed by atoms with van der Waals surface area (Å²) < 4.78 is 60.0. The molecule has 1 saturated carbocycles. The van der Waals surface area contributed by atoms with Crippen LogP contribution >= 0.6 is 0 Å². The molecular formula is C12H22F3NO2S. The largest absolute Gasteiger partial charge is 0.391 e. The van der Waals surface area contributed by atoms with E-state index in [2.05, 4.69) is 0 Å². The van der Waals surface area contributed by atoms with Crippen LogP contribution in [0.2, 0.25) is 0 Å². The first-order valence-electron chi connectivity index (χ1n) is 6.59. The average Bonchev–Trinajstić information content (AvgIpc) is 2.26. The third kappa shape index (κ3) is 6.12. The Morgan fingerprint density at radius 3 is 2.47 bits per heavy atom. The van der Waals surface area contributed by atoms with Crippen molar-refractivity contribution in [1.82, 2.24) is 0 Å². The molecule has 0 aromatic heterocycles. The van der Waals surface area contributed by atoms with Crippen molar-refractivity contribution in [2.24, 2.45) is 17.6 Å². The molecule has 3 unspecified atom stereocenters. The second kappa shape index (κ2) is 6.43. The van der Waals surface area contributed by atoms with Crippen molar-refractivity contribution in [2.75, 3.05) is 12.0 Å². The highest BCUT2D eigenvalue weighted by Crippen LogP contribution is 2.41. The molecule has 1 aliphatic carbocycles. The molecule has 1 aliphatic rings. The van der Waals surface area contributed by atoms with Crippen molar-refractivity contribution in [3.05, 3.63) is 0 Å². The Morgan fingerprint density at radius 1 is 1.32 bits per heavy atom. The fourth-order valence-electron chi connectivity index (χ4n) is 2.73. The van der Waals surface area contributed by atoms with Gasteiger partial charge in [0.05, 0.1) is 5.92 Å². The van der Waals surface area contributed by atoms with Crippen LogP contribution in [0.15, 0.2) is 0 Å². The lowest BCUT2D eigenvalue weighted by molar-refractivity contribution is -0.186. The van der Waals surface area contributed by atoms with E-state index in [1.54, 1.807) is 0 Å². The van der Waals surface area contributed by atoms with Crippen molar-refractivity contribution in [3.8, 4) is 0 Å². The van der Waals surface area contributed by atoms with Gasteiger partial charge in [-0.25, -0.2) is 8.42 Å². The second-order valence-corrected chi connectivity index (χ2v) is 7.86. The Morgan fingerprint density at radius 2 is 1.95 bits per heavy atom. The van der Waals surface area contributed by atoms with E-state index >= 15 is 0 Å². The first kappa shape index (κ1) is 16.8. The molecule has 0 radical (unpaired) electrons. The lowest BCUT2D eigenvalue weighted by Gasteiger charge is -2.33. The van der Waals surface area contributed by atoms with E-state index in [1.165, 1.54) is 0 Å². The van der Waals surface area contributed by atoms with Crippen LogP contribution in [0.4, 0.5) is 13.2 Å². The molecule has 0 amide bonds. The van der Waals surface area contributed by atoms with Gasteiger partial charge < -0.3 is 5.73 Å². The Kier molecular flexibility index (Phi) is 5.67. The third-order valence-corrected chi connectivity index (χ3v) is 4.87. The van der Waals surface area contributed by atoms with Gasteiger partial charge in [0, 0.05) is 18.1 Å². The summed E-state index contributed by atoms with van der Waals surface area (Å²) in [6.45, 7) is 0. The standard InChI is InChI=1S/C12H22F3NO2S/c1-19(17,18)7-3-6-11(16)9-4-2-5-10(8-9)12(13,14)15/h9-11H,2-8,16H2,1H3. The maximum Gasteiger partial charge on any atom is 0.391 e. The maximum absolute atomic E-state index is 12.7. The van der Waals surface area contributed by atoms with E-state index in [9.17, 15) is 21.6 Å². The monoisotopic (exact) mass is 301 g/mol. The van der Waals surface area contributed by atoms with Crippen LogP contribution in [-0.2, 0) is 9.84 Å². The number of rotatable bonds is 5. The zero-order chi connectivity index (χ0) is 14.7. The molecule has 0 saturated heterocycles. The molecule has 3 atom stereocenters. The highest BCUT2D eigenvalue weighted by Gasteiger charge is 2.42. The minimum Gasteiger partial charge on any atom is -0.327 e. The molecule has 3 nitrogen and oxygen atoms in total. The van der Waals surface area contributed by atoms with Crippen LogP contribution in [0.5, 0.6) is 0 Å². The predicted octanol–water partition coefficient (Wildman–Crippen LogP) is 2.51. The number of hydrogen-bond donors (Lipinski definition) is 1. The molecule has 0 heterocycles. The van der Waals surface area contributed by atoms with Gasteiger partial charge in [0.2, 0.25) is 0 Å². The summed E-state index contributed by atoms with van der Waals surface area (Å²) in [4.78, 5) is 0. The van der Waals surface area contributed by atoms with E-state index in [0.717, 1.165) is 6.26 Å². The lowest BCUT2D eigenvalue weighted by Crippen LogP contribution is -2.37. The number of nitrogens with two attached hydrogens (primary N) is 1. The van der Waals surface area contributed by atoms with Crippen molar-refractivity contribution in [2.45, 2.75) is 50.7 Å². The van der Waals surface area contributed by atoms with Crippen LogP contribution in [0.25, 0.3) is 0 Å². The van der Waals surface area contributed by atoms with Gasteiger partial charge in [0.25, 0.3) is 0 Å².